The highest BCUT2D eigenvalue weighted by molar-refractivity contribution is 7.91. The van der Waals surface area contributed by atoms with Gasteiger partial charge in [-0.25, -0.2) is 8.42 Å². The summed E-state index contributed by atoms with van der Waals surface area (Å²) in [6.45, 7) is 2.86. The molecule has 0 bridgehead atoms. The smallest absolute Gasteiger partial charge is 0.191 e. The maximum absolute atomic E-state index is 11.4. The molecule has 0 saturated carbocycles. The van der Waals surface area contributed by atoms with E-state index < -0.39 is 9.84 Å². The predicted molar refractivity (Wildman–Crippen MR) is 84.1 cm³/mol. The van der Waals surface area contributed by atoms with Gasteiger partial charge in [0, 0.05) is 22.8 Å². The van der Waals surface area contributed by atoms with E-state index in [1.165, 1.54) is 9.75 Å². The van der Waals surface area contributed by atoms with Crippen LogP contribution in [0.5, 0.6) is 0 Å². The molecule has 1 saturated heterocycles. The van der Waals surface area contributed by atoms with Crippen molar-refractivity contribution in [2.75, 3.05) is 18.6 Å². The molecule has 2 heterocycles. The van der Waals surface area contributed by atoms with Crippen molar-refractivity contribution >= 4 is 27.1 Å². The van der Waals surface area contributed by atoms with Crippen molar-refractivity contribution in [2.24, 2.45) is 4.99 Å². The summed E-state index contributed by atoms with van der Waals surface area (Å²) < 4.78 is 22.9. The topological polar surface area (TPSA) is 70.6 Å². The van der Waals surface area contributed by atoms with Gasteiger partial charge in [-0.3, -0.25) is 4.99 Å². The Morgan fingerprint density at radius 1 is 1.45 bits per heavy atom. The molecule has 112 valence electrons. The Hall–Kier alpha value is -1.08. The van der Waals surface area contributed by atoms with Crippen LogP contribution < -0.4 is 10.6 Å². The molecule has 2 N–H and O–H groups in total. The van der Waals surface area contributed by atoms with E-state index in [-0.39, 0.29) is 17.5 Å². The summed E-state index contributed by atoms with van der Waals surface area (Å²) in [5.41, 5.74) is 0. The average Bonchev–Trinajstić information content (AvgIpc) is 3.00. The van der Waals surface area contributed by atoms with Crippen LogP contribution in [0, 0.1) is 0 Å². The lowest BCUT2D eigenvalue weighted by atomic mass is 10.3. The number of sulfone groups is 1. The van der Waals surface area contributed by atoms with E-state index in [1.54, 1.807) is 18.4 Å². The molecule has 1 aromatic rings. The number of thiophene rings is 1. The van der Waals surface area contributed by atoms with Crippen molar-refractivity contribution in [3.63, 3.8) is 0 Å². The molecule has 5 nitrogen and oxygen atoms in total. The number of nitrogens with one attached hydrogen (secondary N) is 2. The Morgan fingerprint density at radius 3 is 2.75 bits per heavy atom. The number of hydrogen-bond acceptors (Lipinski definition) is 4. The summed E-state index contributed by atoms with van der Waals surface area (Å²) >= 11 is 1.79. The van der Waals surface area contributed by atoms with E-state index in [1.807, 2.05) is 0 Å². The quantitative estimate of drug-likeness (QED) is 0.646. The van der Waals surface area contributed by atoms with Gasteiger partial charge in [-0.2, -0.15) is 0 Å². The minimum absolute atomic E-state index is 0.0271. The Morgan fingerprint density at radius 2 is 2.20 bits per heavy atom. The first-order valence-corrected chi connectivity index (χ1v) is 9.41. The molecular formula is C13H21N3O2S2. The molecule has 1 unspecified atom stereocenters. The molecule has 1 aliphatic rings. The summed E-state index contributed by atoms with van der Waals surface area (Å²) in [7, 11) is -1.16. The molecule has 20 heavy (non-hydrogen) atoms. The molecule has 2 rings (SSSR count). The summed E-state index contributed by atoms with van der Waals surface area (Å²) in [4.78, 5) is 6.77. The zero-order chi connectivity index (χ0) is 14.6. The van der Waals surface area contributed by atoms with Crippen LogP contribution in [0.3, 0.4) is 0 Å². The zero-order valence-corrected chi connectivity index (χ0v) is 13.5. The maximum Gasteiger partial charge on any atom is 0.191 e. The fourth-order valence-electron chi connectivity index (χ4n) is 2.18. The van der Waals surface area contributed by atoms with E-state index in [4.69, 9.17) is 0 Å². The number of rotatable bonds is 4. The van der Waals surface area contributed by atoms with Gasteiger partial charge in [0.05, 0.1) is 18.1 Å². The minimum atomic E-state index is -2.86. The van der Waals surface area contributed by atoms with Crippen molar-refractivity contribution in [3.8, 4) is 0 Å². The second kappa shape index (κ2) is 6.58. The molecular weight excluding hydrogens is 294 g/mol. The second-order valence-electron chi connectivity index (χ2n) is 4.89. The molecule has 0 aromatic carbocycles. The predicted octanol–water partition coefficient (Wildman–Crippen LogP) is 1.16. The largest absolute Gasteiger partial charge is 0.353 e. The van der Waals surface area contributed by atoms with Crippen molar-refractivity contribution in [1.29, 1.82) is 0 Å². The number of guanidine groups is 1. The number of aryl methyl sites for hydroxylation is 1. The van der Waals surface area contributed by atoms with Crippen LogP contribution in [-0.4, -0.2) is 39.0 Å². The SMILES string of the molecule is CCc1ccc(CNC(=NC)NC2CCS(=O)(=O)C2)s1. The van der Waals surface area contributed by atoms with Gasteiger partial charge in [-0.05, 0) is 25.0 Å². The van der Waals surface area contributed by atoms with E-state index in [0.29, 0.717) is 18.9 Å². The third kappa shape index (κ3) is 4.21. The van der Waals surface area contributed by atoms with Crippen LogP contribution in [-0.2, 0) is 22.8 Å². The summed E-state index contributed by atoms with van der Waals surface area (Å²) in [5, 5.41) is 6.41. The molecule has 1 aliphatic heterocycles. The van der Waals surface area contributed by atoms with Crippen LogP contribution in [0.4, 0.5) is 0 Å². The number of hydrogen-bond donors (Lipinski definition) is 2. The van der Waals surface area contributed by atoms with E-state index in [9.17, 15) is 8.42 Å². The highest BCUT2D eigenvalue weighted by Gasteiger charge is 2.28. The molecule has 0 radical (unpaired) electrons. The molecule has 7 heteroatoms. The Balaban J connectivity index is 1.84. The van der Waals surface area contributed by atoms with Gasteiger partial charge in [0.1, 0.15) is 0 Å². The van der Waals surface area contributed by atoms with E-state index in [2.05, 4.69) is 34.7 Å². The third-order valence-corrected chi connectivity index (χ3v) is 6.29. The first-order chi connectivity index (χ1) is 9.52. The number of aliphatic imine (C=N–C) groups is 1. The van der Waals surface area contributed by atoms with Crippen molar-refractivity contribution in [2.45, 2.75) is 32.4 Å². The molecule has 1 atom stereocenters. The minimum Gasteiger partial charge on any atom is -0.353 e. The highest BCUT2D eigenvalue weighted by atomic mass is 32.2. The van der Waals surface area contributed by atoms with Gasteiger partial charge in [-0.1, -0.05) is 6.92 Å². The molecule has 0 aliphatic carbocycles. The Bertz CT molecular complexity index is 578. The standard InChI is InChI=1S/C13H21N3O2S2/c1-3-11-4-5-12(19-11)8-15-13(14-2)16-10-6-7-20(17,18)9-10/h4-5,10H,3,6-9H2,1-2H3,(H2,14,15,16). The molecule has 1 fully saturated rings. The van der Waals surface area contributed by atoms with Gasteiger partial charge in [-0.15, -0.1) is 11.3 Å². The fraction of sp³-hybridized carbons (Fsp3) is 0.615. The Kier molecular flexibility index (Phi) is 5.04. The van der Waals surface area contributed by atoms with Gasteiger partial charge < -0.3 is 10.6 Å². The van der Waals surface area contributed by atoms with Crippen molar-refractivity contribution in [1.82, 2.24) is 10.6 Å². The van der Waals surface area contributed by atoms with E-state index >= 15 is 0 Å². The van der Waals surface area contributed by atoms with Gasteiger partial charge in [0.15, 0.2) is 15.8 Å². The summed E-state index contributed by atoms with van der Waals surface area (Å²) in [6.07, 6.45) is 1.71. The van der Waals surface area contributed by atoms with Crippen LogP contribution >= 0.6 is 11.3 Å². The molecule has 1 aromatic heterocycles. The van der Waals surface area contributed by atoms with Crippen LogP contribution in [0.15, 0.2) is 17.1 Å². The zero-order valence-electron chi connectivity index (χ0n) is 11.8. The van der Waals surface area contributed by atoms with E-state index in [0.717, 1.165) is 6.42 Å². The molecule has 0 amide bonds. The monoisotopic (exact) mass is 315 g/mol. The van der Waals surface area contributed by atoms with Crippen LogP contribution in [0.25, 0.3) is 0 Å². The van der Waals surface area contributed by atoms with Gasteiger partial charge in [0.25, 0.3) is 0 Å². The molecule has 0 spiro atoms. The highest BCUT2D eigenvalue weighted by Crippen LogP contribution is 2.16. The fourth-order valence-corrected chi connectivity index (χ4v) is 4.75. The van der Waals surface area contributed by atoms with Crippen LogP contribution in [0.2, 0.25) is 0 Å². The Labute approximate surface area is 124 Å². The normalized spacial score (nSPS) is 21.9. The van der Waals surface area contributed by atoms with Gasteiger partial charge in [0.2, 0.25) is 0 Å². The lowest BCUT2D eigenvalue weighted by molar-refractivity contribution is 0.599. The second-order valence-corrected chi connectivity index (χ2v) is 8.37. The van der Waals surface area contributed by atoms with Gasteiger partial charge >= 0.3 is 0 Å². The first-order valence-electron chi connectivity index (χ1n) is 6.77. The lowest BCUT2D eigenvalue weighted by Gasteiger charge is -2.15. The van der Waals surface area contributed by atoms with Crippen LogP contribution in [0.1, 0.15) is 23.1 Å². The van der Waals surface area contributed by atoms with Crippen molar-refractivity contribution in [3.05, 3.63) is 21.9 Å². The average molecular weight is 315 g/mol. The maximum atomic E-state index is 11.4. The summed E-state index contributed by atoms with van der Waals surface area (Å²) in [6, 6.07) is 4.23. The van der Waals surface area contributed by atoms with Crippen molar-refractivity contribution < 1.29 is 8.42 Å². The summed E-state index contributed by atoms with van der Waals surface area (Å²) in [5.74, 6) is 1.14. The lowest BCUT2D eigenvalue weighted by Crippen LogP contribution is -2.43. The third-order valence-electron chi connectivity index (χ3n) is 3.29. The number of nitrogens with zero attached hydrogens (tertiary/aromatic N) is 1. The first kappa shape index (κ1) is 15.3.